The summed E-state index contributed by atoms with van der Waals surface area (Å²) in [5, 5.41) is 7.51. The number of hydrogen-bond donors (Lipinski definition) is 1. The highest BCUT2D eigenvalue weighted by atomic mass is 15.2. The number of fused-ring (bicyclic) bond motifs is 1. The second kappa shape index (κ2) is 5.24. The Hall–Kier alpha value is -2.30. The average Bonchev–Trinajstić information content (AvgIpc) is 3.05. The minimum atomic E-state index is 0.542. The lowest BCUT2D eigenvalue weighted by Crippen LogP contribution is -2.06. The Kier molecular flexibility index (Phi) is 3.10. The molecule has 1 fully saturated rings. The minimum Gasteiger partial charge on any atom is -0.262 e. The molecule has 0 unspecified atom stereocenters. The molecule has 0 saturated heterocycles. The van der Waals surface area contributed by atoms with Crippen LogP contribution in [0.1, 0.15) is 43.8 Å². The molecular formula is C16H17N5. The van der Waals surface area contributed by atoms with E-state index in [1.54, 1.807) is 12.4 Å². The van der Waals surface area contributed by atoms with Crippen LogP contribution in [0.3, 0.4) is 0 Å². The van der Waals surface area contributed by atoms with Crippen molar-refractivity contribution in [2.75, 3.05) is 0 Å². The van der Waals surface area contributed by atoms with Gasteiger partial charge in [-0.25, -0.2) is 4.98 Å². The topological polar surface area (TPSA) is 67.3 Å². The highest BCUT2D eigenvalue weighted by Gasteiger charge is 2.19. The lowest BCUT2D eigenvalue weighted by molar-refractivity contribution is 0.429. The fraction of sp³-hybridized carbons (Fsp3) is 0.375. The molecule has 0 spiro atoms. The van der Waals surface area contributed by atoms with Gasteiger partial charge in [0.15, 0.2) is 5.82 Å². The third-order valence-electron chi connectivity index (χ3n) is 4.22. The molecule has 1 N–H and O–H groups in total. The van der Waals surface area contributed by atoms with Gasteiger partial charge in [-0.3, -0.25) is 15.1 Å². The molecule has 1 aromatic carbocycles. The van der Waals surface area contributed by atoms with Crippen molar-refractivity contribution in [2.45, 2.75) is 38.0 Å². The van der Waals surface area contributed by atoms with Crippen molar-refractivity contribution in [3.05, 3.63) is 36.4 Å². The second-order valence-electron chi connectivity index (χ2n) is 5.64. The van der Waals surface area contributed by atoms with Gasteiger partial charge in [-0.1, -0.05) is 19.3 Å². The van der Waals surface area contributed by atoms with Gasteiger partial charge in [-0.2, -0.15) is 5.10 Å². The van der Waals surface area contributed by atoms with Crippen LogP contribution in [0.5, 0.6) is 0 Å². The zero-order valence-corrected chi connectivity index (χ0v) is 11.8. The van der Waals surface area contributed by atoms with Gasteiger partial charge in [-0.05, 0) is 31.0 Å². The monoisotopic (exact) mass is 279 g/mol. The van der Waals surface area contributed by atoms with Crippen molar-refractivity contribution >= 4 is 11.0 Å². The smallest absolute Gasteiger partial charge is 0.181 e. The van der Waals surface area contributed by atoms with Gasteiger partial charge >= 0.3 is 0 Å². The van der Waals surface area contributed by atoms with E-state index in [0.29, 0.717) is 5.92 Å². The number of benzene rings is 1. The number of rotatable bonds is 2. The van der Waals surface area contributed by atoms with E-state index in [1.807, 2.05) is 18.2 Å². The third-order valence-corrected chi connectivity index (χ3v) is 4.22. The van der Waals surface area contributed by atoms with Gasteiger partial charge in [0.2, 0.25) is 0 Å². The summed E-state index contributed by atoms with van der Waals surface area (Å²) in [6.45, 7) is 0. The van der Waals surface area contributed by atoms with Gasteiger partial charge < -0.3 is 0 Å². The van der Waals surface area contributed by atoms with E-state index in [9.17, 15) is 0 Å². The number of aromatic nitrogens is 5. The summed E-state index contributed by atoms with van der Waals surface area (Å²) >= 11 is 0. The summed E-state index contributed by atoms with van der Waals surface area (Å²) in [7, 11) is 0. The first-order chi connectivity index (χ1) is 10.4. The molecule has 1 saturated carbocycles. The molecule has 0 amide bonds. The van der Waals surface area contributed by atoms with Crippen molar-refractivity contribution in [3.8, 4) is 11.4 Å². The van der Waals surface area contributed by atoms with E-state index in [-0.39, 0.29) is 0 Å². The molecule has 0 bridgehead atoms. The SMILES string of the molecule is c1cnc2cc(-c3n[nH]c(C4CCCCC4)n3)ccc2n1. The van der Waals surface area contributed by atoms with Gasteiger partial charge in [0, 0.05) is 23.9 Å². The van der Waals surface area contributed by atoms with Crippen LogP contribution in [0.2, 0.25) is 0 Å². The molecule has 0 aliphatic heterocycles. The predicted molar refractivity (Wildman–Crippen MR) is 80.7 cm³/mol. The predicted octanol–water partition coefficient (Wildman–Crippen LogP) is 3.46. The van der Waals surface area contributed by atoms with Crippen LogP contribution in [0, 0.1) is 0 Å². The van der Waals surface area contributed by atoms with Crippen molar-refractivity contribution in [1.82, 2.24) is 25.1 Å². The van der Waals surface area contributed by atoms with Crippen LogP contribution in [0.4, 0.5) is 0 Å². The molecule has 5 heteroatoms. The van der Waals surface area contributed by atoms with Gasteiger partial charge in [0.05, 0.1) is 11.0 Å². The fourth-order valence-electron chi connectivity index (χ4n) is 3.06. The Morgan fingerprint density at radius 1 is 0.952 bits per heavy atom. The van der Waals surface area contributed by atoms with E-state index < -0.39 is 0 Å². The van der Waals surface area contributed by atoms with Crippen molar-refractivity contribution in [2.24, 2.45) is 0 Å². The average molecular weight is 279 g/mol. The molecule has 4 rings (SSSR count). The van der Waals surface area contributed by atoms with E-state index in [2.05, 4.69) is 20.2 Å². The Labute approximate surface area is 122 Å². The van der Waals surface area contributed by atoms with Crippen LogP contribution >= 0.6 is 0 Å². The van der Waals surface area contributed by atoms with Gasteiger partial charge in [0.1, 0.15) is 5.82 Å². The molecule has 0 radical (unpaired) electrons. The minimum absolute atomic E-state index is 0.542. The lowest BCUT2D eigenvalue weighted by Gasteiger charge is -2.18. The maximum absolute atomic E-state index is 4.70. The number of H-pyrrole nitrogens is 1. The summed E-state index contributed by atoms with van der Waals surface area (Å²) in [5.74, 6) is 2.33. The Balaban J connectivity index is 1.67. The van der Waals surface area contributed by atoms with Crippen LogP contribution in [0.15, 0.2) is 30.6 Å². The number of aromatic amines is 1. The van der Waals surface area contributed by atoms with Crippen LogP contribution in [0.25, 0.3) is 22.4 Å². The summed E-state index contributed by atoms with van der Waals surface area (Å²) in [6.07, 6.45) is 9.79. The quantitative estimate of drug-likeness (QED) is 0.780. The molecule has 1 aliphatic carbocycles. The third kappa shape index (κ3) is 2.39. The van der Waals surface area contributed by atoms with E-state index in [4.69, 9.17) is 4.98 Å². The first kappa shape index (κ1) is 12.4. The Morgan fingerprint density at radius 3 is 2.62 bits per heavy atom. The lowest BCUT2D eigenvalue weighted by atomic mass is 9.89. The zero-order chi connectivity index (χ0) is 14.1. The van der Waals surface area contributed by atoms with Gasteiger partial charge in [-0.15, -0.1) is 0 Å². The van der Waals surface area contributed by atoms with Crippen LogP contribution in [-0.2, 0) is 0 Å². The molecule has 0 atom stereocenters. The van der Waals surface area contributed by atoms with E-state index in [0.717, 1.165) is 28.2 Å². The molecule has 2 heterocycles. The van der Waals surface area contributed by atoms with E-state index >= 15 is 0 Å². The van der Waals surface area contributed by atoms with Crippen LogP contribution < -0.4 is 0 Å². The Bertz CT molecular complexity index is 758. The molecule has 21 heavy (non-hydrogen) atoms. The van der Waals surface area contributed by atoms with E-state index in [1.165, 1.54) is 32.1 Å². The van der Waals surface area contributed by atoms with Gasteiger partial charge in [0.25, 0.3) is 0 Å². The number of hydrogen-bond acceptors (Lipinski definition) is 4. The van der Waals surface area contributed by atoms with Crippen molar-refractivity contribution in [3.63, 3.8) is 0 Å². The molecule has 3 aromatic rings. The second-order valence-corrected chi connectivity index (χ2v) is 5.64. The number of nitrogens with zero attached hydrogens (tertiary/aromatic N) is 4. The molecule has 5 nitrogen and oxygen atoms in total. The normalized spacial score (nSPS) is 16.4. The van der Waals surface area contributed by atoms with Crippen molar-refractivity contribution < 1.29 is 0 Å². The first-order valence-electron chi connectivity index (χ1n) is 7.53. The summed E-state index contributed by atoms with van der Waals surface area (Å²) in [6, 6.07) is 5.97. The summed E-state index contributed by atoms with van der Waals surface area (Å²) < 4.78 is 0. The summed E-state index contributed by atoms with van der Waals surface area (Å²) in [5.41, 5.74) is 2.75. The van der Waals surface area contributed by atoms with Crippen molar-refractivity contribution in [1.29, 1.82) is 0 Å². The summed E-state index contributed by atoms with van der Waals surface area (Å²) in [4.78, 5) is 13.3. The zero-order valence-electron chi connectivity index (χ0n) is 11.8. The molecule has 106 valence electrons. The van der Waals surface area contributed by atoms with Crippen LogP contribution in [-0.4, -0.2) is 25.1 Å². The largest absolute Gasteiger partial charge is 0.262 e. The fourth-order valence-corrected chi connectivity index (χ4v) is 3.06. The molecule has 2 aromatic heterocycles. The molecule has 1 aliphatic rings. The first-order valence-corrected chi connectivity index (χ1v) is 7.53. The maximum Gasteiger partial charge on any atom is 0.181 e. The highest BCUT2D eigenvalue weighted by molar-refractivity contribution is 5.79. The number of nitrogens with one attached hydrogen (secondary N) is 1. The molecular weight excluding hydrogens is 262 g/mol. The standard InChI is InChI=1S/C16H17N5/c1-2-4-11(5-3-1)15-19-16(21-20-15)12-6-7-13-14(10-12)18-9-8-17-13/h6-11H,1-5H2,(H,19,20,21). The highest BCUT2D eigenvalue weighted by Crippen LogP contribution is 2.31. The Morgan fingerprint density at radius 2 is 1.76 bits per heavy atom. The maximum atomic E-state index is 4.70.